The second kappa shape index (κ2) is 52.2. The van der Waals surface area contributed by atoms with Gasteiger partial charge in [-0.2, -0.15) is 0 Å². The number of hydrogen-bond donors (Lipinski definition) is 3. The van der Waals surface area contributed by atoms with E-state index in [2.05, 4.69) is 31.3 Å². The topological polar surface area (TPSA) is 95.9 Å². The van der Waals surface area contributed by atoms with Crippen molar-refractivity contribution in [1.29, 1.82) is 0 Å². The molecular weight excluding hydrogens is 767 g/mol. The summed E-state index contributed by atoms with van der Waals surface area (Å²) in [6.07, 6.45) is 60.4. The average molecular weight is 876 g/mol. The molecule has 0 aromatic heterocycles. The lowest BCUT2D eigenvalue weighted by atomic mass is 10.0. The van der Waals surface area contributed by atoms with Crippen molar-refractivity contribution >= 4 is 11.9 Å². The Balaban J connectivity index is 3.42. The molecule has 2 unspecified atom stereocenters. The van der Waals surface area contributed by atoms with Crippen LogP contribution < -0.4 is 5.32 Å². The molecule has 0 fully saturated rings. The molecule has 0 rings (SSSR count). The Morgan fingerprint density at radius 1 is 0.435 bits per heavy atom. The molecule has 6 heteroatoms. The Kier molecular flexibility index (Phi) is 51.0. The highest BCUT2D eigenvalue weighted by atomic mass is 16.5. The minimum atomic E-state index is -0.669. The van der Waals surface area contributed by atoms with E-state index in [1.165, 1.54) is 225 Å². The fourth-order valence-corrected chi connectivity index (χ4v) is 8.75. The molecular formula is C56H109NO5. The molecule has 1 amide bonds. The van der Waals surface area contributed by atoms with Crippen molar-refractivity contribution in [3.05, 3.63) is 12.2 Å². The van der Waals surface area contributed by atoms with E-state index in [1.54, 1.807) is 0 Å². The van der Waals surface area contributed by atoms with E-state index in [0.29, 0.717) is 25.9 Å². The normalized spacial score (nSPS) is 12.6. The van der Waals surface area contributed by atoms with Gasteiger partial charge in [-0.3, -0.25) is 9.59 Å². The Bertz CT molecular complexity index is 924. The highest BCUT2D eigenvalue weighted by molar-refractivity contribution is 5.76. The highest BCUT2D eigenvalue weighted by Crippen LogP contribution is 2.17. The molecule has 0 heterocycles. The fourth-order valence-electron chi connectivity index (χ4n) is 8.75. The molecule has 6 nitrogen and oxygen atoms in total. The van der Waals surface area contributed by atoms with E-state index in [4.69, 9.17) is 4.74 Å². The summed E-state index contributed by atoms with van der Waals surface area (Å²) in [7, 11) is 0. The Labute approximate surface area is 387 Å². The maximum absolute atomic E-state index is 12.5. The smallest absolute Gasteiger partial charge is 0.305 e. The summed E-state index contributed by atoms with van der Waals surface area (Å²) in [5.41, 5.74) is 0. The number of rotatable bonds is 52. The first-order valence-electron chi connectivity index (χ1n) is 27.9. The lowest BCUT2D eigenvalue weighted by Crippen LogP contribution is -2.45. The van der Waals surface area contributed by atoms with Crippen LogP contribution in [0.2, 0.25) is 0 Å². The van der Waals surface area contributed by atoms with Crippen molar-refractivity contribution in [2.24, 2.45) is 0 Å². The number of unbranched alkanes of at least 4 members (excludes halogenated alkanes) is 39. The molecule has 0 saturated carbocycles. The largest absolute Gasteiger partial charge is 0.466 e. The predicted molar refractivity (Wildman–Crippen MR) is 269 cm³/mol. The van der Waals surface area contributed by atoms with E-state index in [1.807, 2.05) is 0 Å². The summed E-state index contributed by atoms with van der Waals surface area (Å²) in [6.45, 7) is 4.94. The molecule has 0 spiro atoms. The standard InChI is InChI=1S/C56H109NO5/c1-3-5-7-9-11-13-15-17-19-22-26-30-34-38-42-46-50-56(61)62-51-47-43-39-35-31-27-23-20-21-25-29-33-37-41-45-49-55(60)57-53(52-58)54(59)48-44-40-36-32-28-24-18-16-14-12-10-8-6-4-2/h19,22,53-54,58-59H,3-18,20-21,23-52H2,1-2H3,(H,57,60)/b22-19-. The first kappa shape index (κ1) is 60.6. The molecule has 62 heavy (non-hydrogen) atoms. The van der Waals surface area contributed by atoms with Crippen LogP contribution in [0, 0.1) is 0 Å². The predicted octanol–water partition coefficient (Wildman–Crippen LogP) is 16.9. The van der Waals surface area contributed by atoms with Crippen LogP contribution in [0.15, 0.2) is 12.2 Å². The van der Waals surface area contributed by atoms with Gasteiger partial charge < -0.3 is 20.3 Å². The van der Waals surface area contributed by atoms with Crippen LogP contribution in [0.3, 0.4) is 0 Å². The summed E-state index contributed by atoms with van der Waals surface area (Å²) < 4.78 is 5.47. The molecule has 0 aliphatic carbocycles. The number of carbonyl (C=O) groups is 2. The first-order valence-corrected chi connectivity index (χ1v) is 27.9. The third-order valence-corrected chi connectivity index (χ3v) is 13.1. The van der Waals surface area contributed by atoms with Crippen LogP contribution in [0.5, 0.6) is 0 Å². The van der Waals surface area contributed by atoms with Crippen LogP contribution in [-0.4, -0.2) is 47.4 Å². The van der Waals surface area contributed by atoms with Gasteiger partial charge in [0.25, 0.3) is 0 Å². The Hall–Kier alpha value is -1.40. The minimum Gasteiger partial charge on any atom is -0.466 e. The van der Waals surface area contributed by atoms with Crippen molar-refractivity contribution < 1.29 is 24.5 Å². The van der Waals surface area contributed by atoms with E-state index in [-0.39, 0.29) is 18.5 Å². The fraction of sp³-hybridized carbons (Fsp3) is 0.929. The molecule has 0 aromatic rings. The molecule has 3 N–H and O–H groups in total. The molecule has 0 bridgehead atoms. The summed E-state index contributed by atoms with van der Waals surface area (Å²) in [4.78, 5) is 24.5. The SMILES string of the molecule is CCCCCCCCC/C=C\CCCCCCCC(=O)OCCCCCCCCCCCCCCCCCC(=O)NC(CO)C(O)CCCCCCCCCCCCCCCC. The van der Waals surface area contributed by atoms with E-state index in [9.17, 15) is 19.8 Å². The van der Waals surface area contributed by atoms with Gasteiger partial charge in [0.15, 0.2) is 0 Å². The third-order valence-electron chi connectivity index (χ3n) is 13.1. The number of hydrogen-bond acceptors (Lipinski definition) is 5. The van der Waals surface area contributed by atoms with Crippen LogP contribution in [0.25, 0.3) is 0 Å². The summed E-state index contributed by atoms with van der Waals surface area (Å²) in [5.74, 6) is -0.0485. The lowest BCUT2D eigenvalue weighted by molar-refractivity contribution is -0.143. The van der Waals surface area contributed by atoms with Crippen LogP contribution in [0.1, 0.15) is 309 Å². The summed E-state index contributed by atoms with van der Waals surface area (Å²) >= 11 is 0. The van der Waals surface area contributed by atoms with Crippen molar-refractivity contribution in [1.82, 2.24) is 5.32 Å². The van der Waals surface area contributed by atoms with Gasteiger partial charge in [0.2, 0.25) is 5.91 Å². The zero-order valence-electron chi connectivity index (χ0n) is 41.9. The highest BCUT2D eigenvalue weighted by Gasteiger charge is 2.20. The lowest BCUT2D eigenvalue weighted by Gasteiger charge is -2.22. The average Bonchev–Trinajstić information content (AvgIpc) is 3.27. The number of amides is 1. The van der Waals surface area contributed by atoms with Gasteiger partial charge in [0.1, 0.15) is 0 Å². The number of aliphatic hydroxyl groups excluding tert-OH is 2. The van der Waals surface area contributed by atoms with Gasteiger partial charge in [0.05, 0.1) is 25.4 Å². The van der Waals surface area contributed by atoms with Gasteiger partial charge in [-0.1, -0.05) is 257 Å². The van der Waals surface area contributed by atoms with Crippen LogP contribution in [0.4, 0.5) is 0 Å². The van der Waals surface area contributed by atoms with Crippen molar-refractivity contribution in [3.63, 3.8) is 0 Å². The van der Waals surface area contributed by atoms with Gasteiger partial charge in [0, 0.05) is 12.8 Å². The van der Waals surface area contributed by atoms with E-state index in [0.717, 1.165) is 51.4 Å². The molecule has 2 atom stereocenters. The quantitative estimate of drug-likeness (QED) is 0.0321. The first-order chi connectivity index (χ1) is 30.5. The van der Waals surface area contributed by atoms with Crippen molar-refractivity contribution in [2.45, 2.75) is 321 Å². The number of aliphatic hydroxyl groups is 2. The second-order valence-electron chi connectivity index (χ2n) is 19.3. The molecule has 0 saturated heterocycles. The molecule has 368 valence electrons. The summed E-state index contributed by atoms with van der Waals surface area (Å²) in [6, 6.07) is -0.547. The van der Waals surface area contributed by atoms with Gasteiger partial charge in [-0.15, -0.1) is 0 Å². The Morgan fingerprint density at radius 3 is 1.15 bits per heavy atom. The third kappa shape index (κ3) is 48.1. The Morgan fingerprint density at radius 2 is 0.758 bits per heavy atom. The van der Waals surface area contributed by atoms with Gasteiger partial charge in [-0.25, -0.2) is 0 Å². The number of allylic oxidation sites excluding steroid dienone is 2. The number of nitrogens with one attached hydrogen (secondary N) is 1. The number of esters is 1. The minimum absolute atomic E-state index is 0.00619. The van der Waals surface area contributed by atoms with E-state index < -0.39 is 12.1 Å². The molecule has 0 aromatic carbocycles. The molecule has 0 aliphatic rings. The maximum Gasteiger partial charge on any atom is 0.305 e. The monoisotopic (exact) mass is 876 g/mol. The molecule has 0 radical (unpaired) electrons. The van der Waals surface area contributed by atoms with Crippen molar-refractivity contribution in [3.8, 4) is 0 Å². The van der Waals surface area contributed by atoms with Gasteiger partial charge in [-0.05, 0) is 51.4 Å². The second-order valence-corrected chi connectivity index (χ2v) is 19.3. The maximum atomic E-state index is 12.5. The van der Waals surface area contributed by atoms with E-state index >= 15 is 0 Å². The zero-order valence-corrected chi connectivity index (χ0v) is 41.9. The zero-order chi connectivity index (χ0) is 45.1. The summed E-state index contributed by atoms with van der Waals surface area (Å²) in [5, 5.41) is 23.2. The number of carbonyl (C=O) groups excluding carboxylic acids is 2. The van der Waals surface area contributed by atoms with Crippen molar-refractivity contribution in [2.75, 3.05) is 13.2 Å². The van der Waals surface area contributed by atoms with Crippen LogP contribution in [-0.2, 0) is 14.3 Å². The number of ether oxygens (including phenoxy) is 1. The van der Waals surface area contributed by atoms with Gasteiger partial charge >= 0.3 is 5.97 Å². The van der Waals surface area contributed by atoms with Crippen LogP contribution >= 0.6 is 0 Å². The molecule has 0 aliphatic heterocycles.